The third-order valence-corrected chi connectivity index (χ3v) is 4.94. The summed E-state index contributed by atoms with van der Waals surface area (Å²) in [6.45, 7) is 8.01. The molecule has 0 radical (unpaired) electrons. The zero-order valence-corrected chi connectivity index (χ0v) is 15.5. The molecular formula is C19H28FN5O2. The molecule has 0 unspecified atom stereocenters. The van der Waals surface area contributed by atoms with Gasteiger partial charge in [-0.3, -0.25) is 9.48 Å². The molecule has 1 heterocycles. The summed E-state index contributed by atoms with van der Waals surface area (Å²) < 4.78 is 14.5. The number of rotatable bonds is 10. The maximum Gasteiger partial charge on any atom is 0.163 e. The van der Waals surface area contributed by atoms with E-state index in [0.717, 1.165) is 32.0 Å². The Kier molecular flexibility index (Phi) is 7.46. The van der Waals surface area contributed by atoms with Crippen molar-refractivity contribution in [1.82, 2.24) is 15.1 Å². The number of nitrogens with two attached hydrogens (primary N) is 1. The second-order valence-electron chi connectivity index (χ2n) is 6.81. The highest BCUT2D eigenvalue weighted by Crippen LogP contribution is 2.35. The number of halogens is 1. The molecule has 0 amide bonds. The molecule has 0 aliphatic heterocycles. The lowest BCUT2D eigenvalue weighted by Gasteiger charge is -2.40. The van der Waals surface area contributed by atoms with Gasteiger partial charge in [-0.2, -0.15) is 5.10 Å². The number of anilines is 1. The number of allylic oxidation sites excluding steroid dienone is 3. The van der Waals surface area contributed by atoms with Crippen molar-refractivity contribution in [2.24, 2.45) is 5.73 Å². The van der Waals surface area contributed by atoms with Crippen LogP contribution in [0.1, 0.15) is 36.0 Å². The molecule has 1 aromatic rings. The van der Waals surface area contributed by atoms with Gasteiger partial charge in [0.1, 0.15) is 5.83 Å². The average molecular weight is 377 g/mol. The lowest BCUT2D eigenvalue weighted by molar-refractivity contribution is 0.112. The van der Waals surface area contributed by atoms with Gasteiger partial charge in [-0.25, -0.2) is 4.39 Å². The van der Waals surface area contributed by atoms with E-state index in [1.165, 1.54) is 12.2 Å². The summed E-state index contributed by atoms with van der Waals surface area (Å²) in [7, 11) is 0. The topological polar surface area (TPSA) is 105 Å². The van der Waals surface area contributed by atoms with Gasteiger partial charge in [0, 0.05) is 31.0 Å². The van der Waals surface area contributed by atoms with Gasteiger partial charge in [-0.05, 0) is 37.8 Å². The van der Waals surface area contributed by atoms with E-state index in [2.05, 4.69) is 28.9 Å². The van der Waals surface area contributed by atoms with Crippen LogP contribution in [-0.4, -0.2) is 46.9 Å². The lowest BCUT2D eigenvalue weighted by atomic mass is 9.79. The van der Waals surface area contributed by atoms with E-state index in [1.807, 2.05) is 0 Å². The fourth-order valence-electron chi connectivity index (χ4n) is 3.35. The monoisotopic (exact) mass is 377 g/mol. The molecule has 8 heteroatoms. The van der Waals surface area contributed by atoms with Gasteiger partial charge in [0.05, 0.1) is 17.7 Å². The Labute approximate surface area is 158 Å². The van der Waals surface area contributed by atoms with E-state index >= 15 is 0 Å². The third-order valence-electron chi connectivity index (χ3n) is 4.94. The first-order valence-corrected chi connectivity index (χ1v) is 9.02. The van der Waals surface area contributed by atoms with Crippen LogP contribution >= 0.6 is 0 Å². The number of aliphatic hydroxyl groups excluding tert-OH is 1. The van der Waals surface area contributed by atoms with Crippen molar-refractivity contribution in [2.45, 2.75) is 37.3 Å². The highest BCUT2D eigenvalue weighted by molar-refractivity contribution is 5.82. The predicted octanol–water partition coefficient (Wildman–Crippen LogP) is 1.84. The Morgan fingerprint density at radius 2 is 2.15 bits per heavy atom. The fraction of sp³-hybridized carbons (Fsp3) is 0.474. The van der Waals surface area contributed by atoms with Crippen LogP contribution in [-0.2, 0) is 5.54 Å². The number of carbonyl (C=O) groups is 1. The van der Waals surface area contributed by atoms with E-state index in [9.17, 15) is 9.18 Å². The molecule has 0 spiro atoms. The normalized spacial score (nSPS) is 22.7. The van der Waals surface area contributed by atoms with E-state index in [4.69, 9.17) is 10.8 Å². The van der Waals surface area contributed by atoms with Crippen LogP contribution < -0.4 is 16.4 Å². The number of hydrogen-bond acceptors (Lipinski definition) is 6. The molecule has 1 fully saturated rings. The fourth-order valence-corrected chi connectivity index (χ4v) is 3.35. The highest BCUT2D eigenvalue weighted by atomic mass is 19.1. The van der Waals surface area contributed by atoms with Gasteiger partial charge in [-0.1, -0.05) is 13.2 Å². The number of hydrogen-bond donors (Lipinski definition) is 4. The molecule has 2 rings (SSSR count). The van der Waals surface area contributed by atoms with Gasteiger partial charge in [-0.15, -0.1) is 0 Å². The molecule has 1 aliphatic carbocycles. The predicted molar refractivity (Wildman–Crippen MR) is 104 cm³/mol. The summed E-state index contributed by atoms with van der Waals surface area (Å²) >= 11 is 0. The van der Waals surface area contributed by atoms with E-state index < -0.39 is 5.83 Å². The molecule has 0 bridgehead atoms. The Morgan fingerprint density at radius 3 is 2.70 bits per heavy atom. The minimum atomic E-state index is -0.590. The average Bonchev–Trinajstić information content (AvgIpc) is 3.08. The lowest BCUT2D eigenvalue weighted by Crippen LogP contribution is -2.48. The molecule has 148 valence electrons. The second-order valence-corrected chi connectivity index (χ2v) is 6.81. The molecule has 5 N–H and O–H groups in total. The number of carbonyl (C=O) groups excluding carboxylic acids is 1. The summed E-state index contributed by atoms with van der Waals surface area (Å²) in [6, 6.07) is 0.342. The van der Waals surface area contributed by atoms with Crippen molar-refractivity contribution in [2.75, 3.05) is 25.0 Å². The van der Waals surface area contributed by atoms with Crippen molar-refractivity contribution in [3.8, 4) is 0 Å². The first-order valence-electron chi connectivity index (χ1n) is 9.02. The standard InChI is InChI=1S/C19H28FN5O2/c1-14(20)3-4-15(2)23-18-16(12-27)11-25(24-18)19(13-21)7-5-17(6-8-19)22-9-10-26/h3-4,11-12,17,22,26H,1-2,5-10,13,21H2,(H,23,24)/b4-3-. The largest absolute Gasteiger partial charge is 0.395 e. The third kappa shape index (κ3) is 5.35. The Morgan fingerprint density at radius 1 is 1.44 bits per heavy atom. The minimum absolute atomic E-state index is 0.115. The smallest absolute Gasteiger partial charge is 0.163 e. The summed E-state index contributed by atoms with van der Waals surface area (Å²) in [5.74, 6) is -0.231. The number of aromatic nitrogens is 2. The zero-order valence-electron chi connectivity index (χ0n) is 15.5. The molecule has 1 saturated carbocycles. The molecule has 7 nitrogen and oxygen atoms in total. The van der Waals surface area contributed by atoms with Crippen LogP contribution in [0.3, 0.4) is 0 Å². The van der Waals surface area contributed by atoms with E-state index in [1.54, 1.807) is 10.9 Å². The van der Waals surface area contributed by atoms with Crippen molar-refractivity contribution in [3.63, 3.8) is 0 Å². The maximum atomic E-state index is 12.7. The second kappa shape index (κ2) is 9.59. The van der Waals surface area contributed by atoms with Gasteiger partial charge < -0.3 is 21.5 Å². The summed E-state index contributed by atoms with van der Waals surface area (Å²) in [6.07, 6.45) is 8.45. The van der Waals surface area contributed by atoms with Gasteiger partial charge in [0.2, 0.25) is 0 Å². The molecule has 1 aliphatic rings. The molecule has 0 aromatic carbocycles. The summed E-state index contributed by atoms with van der Waals surface area (Å²) in [5.41, 5.74) is 6.50. The van der Waals surface area contributed by atoms with Gasteiger partial charge in [0.15, 0.2) is 12.1 Å². The van der Waals surface area contributed by atoms with Crippen molar-refractivity contribution in [3.05, 3.63) is 48.6 Å². The number of aldehydes is 1. The van der Waals surface area contributed by atoms with Crippen LogP contribution in [0.15, 0.2) is 43.0 Å². The molecule has 27 heavy (non-hydrogen) atoms. The van der Waals surface area contributed by atoms with Crippen LogP contribution in [0.2, 0.25) is 0 Å². The first kappa shape index (κ1) is 21.0. The van der Waals surface area contributed by atoms with Crippen molar-refractivity contribution < 1.29 is 14.3 Å². The van der Waals surface area contributed by atoms with Gasteiger partial charge >= 0.3 is 0 Å². The Hall–Kier alpha value is -2.29. The summed E-state index contributed by atoms with van der Waals surface area (Å²) in [4.78, 5) is 11.5. The first-order chi connectivity index (χ1) is 12.9. The maximum absolute atomic E-state index is 12.7. The van der Waals surface area contributed by atoms with Gasteiger partial charge in [0.25, 0.3) is 0 Å². The molecule has 0 atom stereocenters. The quantitative estimate of drug-likeness (QED) is 0.366. The molecule has 0 saturated heterocycles. The van der Waals surface area contributed by atoms with Crippen molar-refractivity contribution in [1.29, 1.82) is 0 Å². The number of nitrogens with one attached hydrogen (secondary N) is 2. The van der Waals surface area contributed by atoms with Crippen molar-refractivity contribution >= 4 is 12.1 Å². The zero-order chi connectivity index (χ0) is 19.9. The van der Waals surface area contributed by atoms with Crippen LogP contribution in [0.4, 0.5) is 10.2 Å². The Bertz CT molecular complexity index is 705. The summed E-state index contributed by atoms with van der Waals surface area (Å²) in [5, 5.41) is 19.7. The number of nitrogens with zero attached hydrogens (tertiary/aromatic N) is 2. The van der Waals surface area contributed by atoms with E-state index in [-0.39, 0.29) is 12.1 Å². The van der Waals surface area contributed by atoms with Crippen LogP contribution in [0.5, 0.6) is 0 Å². The van der Waals surface area contributed by atoms with E-state index in [0.29, 0.717) is 36.2 Å². The SMILES string of the molecule is C=C(F)/C=C\C(=C)Nc1nn(C2(CN)CCC(NCCO)CC2)cc1C=O. The number of aliphatic hydroxyl groups is 1. The highest BCUT2D eigenvalue weighted by Gasteiger charge is 2.37. The minimum Gasteiger partial charge on any atom is -0.395 e. The van der Waals surface area contributed by atoms with Crippen LogP contribution in [0, 0.1) is 0 Å². The Balaban J connectivity index is 2.15. The molecular weight excluding hydrogens is 349 g/mol. The van der Waals surface area contributed by atoms with Crippen LogP contribution in [0.25, 0.3) is 0 Å². The molecule has 1 aromatic heterocycles.